The fourth-order valence-corrected chi connectivity index (χ4v) is 1.61. The topological polar surface area (TPSA) is 43.6 Å². The zero-order valence-electron chi connectivity index (χ0n) is 9.48. The number of hydrogen-bond donors (Lipinski definition) is 0. The van der Waals surface area contributed by atoms with Gasteiger partial charge in [0.2, 0.25) is 0 Å². The van der Waals surface area contributed by atoms with Crippen molar-refractivity contribution in [2.75, 3.05) is 0 Å². The largest absolute Gasteiger partial charge is 0.333 e. The van der Waals surface area contributed by atoms with Crippen LogP contribution in [0.15, 0.2) is 18.5 Å². The Hall–Kier alpha value is -1.42. The summed E-state index contributed by atoms with van der Waals surface area (Å²) in [6.45, 7) is 4.07. The smallest absolute Gasteiger partial charge is 0.158 e. The number of rotatable bonds is 2. The second kappa shape index (κ2) is 4.22. The molecule has 2 aromatic heterocycles. The summed E-state index contributed by atoms with van der Waals surface area (Å²) in [6.07, 6.45) is 3.61. The lowest BCUT2D eigenvalue weighted by molar-refractivity contribution is 0.772. The lowest BCUT2D eigenvalue weighted by atomic mass is 10.2. The van der Waals surface area contributed by atoms with E-state index < -0.39 is 0 Å². The van der Waals surface area contributed by atoms with Gasteiger partial charge in [-0.2, -0.15) is 0 Å². The molecule has 0 aliphatic carbocycles. The summed E-state index contributed by atoms with van der Waals surface area (Å²) in [4.78, 5) is 12.9. The van der Waals surface area contributed by atoms with Crippen LogP contribution in [-0.4, -0.2) is 19.5 Å². The maximum absolute atomic E-state index is 5.98. The minimum atomic E-state index is 0.248. The van der Waals surface area contributed by atoms with Crippen molar-refractivity contribution in [1.82, 2.24) is 19.5 Å². The predicted octanol–water partition coefficient (Wildman–Crippen LogP) is 2.65. The molecular formula is C11H13ClN4. The average Bonchev–Trinajstić information content (AvgIpc) is 2.63. The molecule has 0 bridgehead atoms. The number of nitrogens with zero attached hydrogens (tertiary/aromatic N) is 4. The van der Waals surface area contributed by atoms with E-state index in [1.807, 2.05) is 31.7 Å². The third-order valence-corrected chi connectivity index (χ3v) is 2.47. The molecule has 2 heterocycles. The van der Waals surface area contributed by atoms with Gasteiger partial charge in [-0.25, -0.2) is 15.0 Å². The van der Waals surface area contributed by atoms with Crippen LogP contribution in [0.2, 0.25) is 5.15 Å². The van der Waals surface area contributed by atoms with Gasteiger partial charge in [0.1, 0.15) is 16.7 Å². The number of imidazole rings is 1. The average molecular weight is 237 g/mol. The van der Waals surface area contributed by atoms with E-state index in [1.54, 1.807) is 12.3 Å². The summed E-state index contributed by atoms with van der Waals surface area (Å²) < 4.78 is 1.91. The van der Waals surface area contributed by atoms with Crippen LogP contribution < -0.4 is 0 Å². The van der Waals surface area contributed by atoms with Gasteiger partial charge in [0.05, 0.1) is 0 Å². The summed E-state index contributed by atoms with van der Waals surface area (Å²) in [5.41, 5.74) is 0.760. The van der Waals surface area contributed by atoms with Crippen molar-refractivity contribution in [1.29, 1.82) is 0 Å². The molecule has 2 aromatic rings. The first-order valence-corrected chi connectivity index (χ1v) is 5.48. The summed E-state index contributed by atoms with van der Waals surface area (Å²) in [5, 5.41) is 0.455. The fourth-order valence-electron chi connectivity index (χ4n) is 1.42. The van der Waals surface area contributed by atoms with Gasteiger partial charge in [0.15, 0.2) is 5.82 Å². The summed E-state index contributed by atoms with van der Waals surface area (Å²) in [5.74, 6) is 1.79. The van der Waals surface area contributed by atoms with Crippen molar-refractivity contribution < 1.29 is 0 Å². The van der Waals surface area contributed by atoms with Gasteiger partial charge in [-0.3, -0.25) is 0 Å². The first-order chi connectivity index (χ1) is 7.58. The molecule has 0 amide bonds. The van der Waals surface area contributed by atoms with Crippen molar-refractivity contribution in [2.24, 2.45) is 7.05 Å². The Morgan fingerprint density at radius 2 is 2.06 bits per heavy atom. The second-order valence-corrected chi connectivity index (χ2v) is 4.34. The highest BCUT2D eigenvalue weighted by atomic mass is 35.5. The Morgan fingerprint density at radius 1 is 1.31 bits per heavy atom. The third-order valence-electron chi connectivity index (χ3n) is 2.28. The van der Waals surface area contributed by atoms with Crippen LogP contribution in [0.4, 0.5) is 0 Å². The Morgan fingerprint density at radius 3 is 2.62 bits per heavy atom. The second-order valence-electron chi connectivity index (χ2n) is 3.95. The van der Waals surface area contributed by atoms with Crippen LogP contribution >= 0.6 is 11.6 Å². The lowest BCUT2D eigenvalue weighted by Crippen LogP contribution is -2.01. The Balaban J connectivity index is 2.54. The molecule has 4 nitrogen and oxygen atoms in total. The minimum absolute atomic E-state index is 0.248. The zero-order chi connectivity index (χ0) is 11.7. The first-order valence-electron chi connectivity index (χ1n) is 5.10. The number of aromatic nitrogens is 4. The van der Waals surface area contributed by atoms with Crippen LogP contribution in [0.25, 0.3) is 11.5 Å². The highest BCUT2D eigenvalue weighted by molar-refractivity contribution is 6.29. The minimum Gasteiger partial charge on any atom is -0.333 e. The molecule has 5 heteroatoms. The van der Waals surface area contributed by atoms with Gasteiger partial charge in [-0.1, -0.05) is 25.4 Å². The van der Waals surface area contributed by atoms with Crippen LogP contribution in [0.3, 0.4) is 0 Å². The number of hydrogen-bond acceptors (Lipinski definition) is 3. The van der Waals surface area contributed by atoms with Gasteiger partial charge in [0, 0.05) is 31.4 Å². The zero-order valence-corrected chi connectivity index (χ0v) is 10.2. The predicted molar refractivity (Wildman–Crippen MR) is 63.3 cm³/mol. The fraction of sp³-hybridized carbons (Fsp3) is 0.364. The molecule has 0 saturated heterocycles. The van der Waals surface area contributed by atoms with Crippen molar-refractivity contribution in [3.05, 3.63) is 29.4 Å². The number of aryl methyl sites for hydroxylation is 1. The van der Waals surface area contributed by atoms with E-state index >= 15 is 0 Å². The molecule has 2 rings (SSSR count). The molecular weight excluding hydrogens is 224 g/mol. The van der Waals surface area contributed by atoms with Crippen LogP contribution in [0.5, 0.6) is 0 Å². The maximum atomic E-state index is 5.98. The van der Waals surface area contributed by atoms with E-state index in [1.165, 1.54) is 0 Å². The summed E-state index contributed by atoms with van der Waals surface area (Å²) in [7, 11) is 1.92. The lowest BCUT2D eigenvalue weighted by Gasteiger charge is -2.07. The first kappa shape index (κ1) is 11.1. The molecule has 0 unspecified atom stereocenters. The van der Waals surface area contributed by atoms with Crippen molar-refractivity contribution in [2.45, 2.75) is 19.8 Å². The van der Waals surface area contributed by atoms with E-state index in [-0.39, 0.29) is 5.92 Å². The summed E-state index contributed by atoms with van der Waals surface area (Å²) in [6, 6.07) is 1.73. The molecule has 0 aliphatic heterocycles. The molecule has 84 valence electrons. The van der Waals surface area contributed by atoms with Crippen LogP contribution in [0, 0.1) is 0 Å². The van der Waals surface area contributed by atoms with E-state index in [0.717, 1.165) is 17.3 Å². The normalized spacial score (nSPS) is 11.1. The van der Waals surface area contributed by atoms with Gasteiger partial charge < -0.3 is 4.57 Å². The van der Waals surface area contributed by atoms with Crippen molar-refractivity contribution >= 4 is 11.6 Å². The van der Waals surface area contributed by atoms with Crippen molar-refractivity contribution in [3.63, 3.8) is 0 Å². The molecule has 0 aromatic carbocycles. The summed E-state index contributed by atoms with van der Waals surface area (Å²) >= 11 is 5.98. The maximum Gasteiger partial charge on any atom is 0.158 e. The van der Waals surface area contributed by atoms with E-state index in [4.69, 9.17) is 11.6 Å². The quantitative estimate of drug-likeness (QED) is 0.753. The van der Waals surface area contributed by atoms with Gasteiger partial charge in [-0.05, 0) is 0 Å². The van der Waals surface area contributed by atoms with Crippen LogP contribution in [-0.2, 0) is 7.05 Å². The number of halogens is 1. The highest BCUT2D eigenvalue weighted by Crippen LogP contribution is 2.20. The van der Waals surface area contributed by atoms with Gasteiger partial charge in [-0.15, -0.1) is 0 Å². The standard InChI is InChI=1S/C11H13ClN4/c1-7(2)10-14-8(6-9(12)15-10)11-13-4-5-16(11)3/h4-7H,1-3H3. The molecule has 0 fully saturated rings. The Labute approximate surface area is 99.3 Å². The molecule has 0 N–H and O–H groups in total. The van der Waals surface area contributed by atoms with Crippen LogP contribution in [0.1, 0.15) is 25.6 Å². The van der Waals surface area contributed by atoms with Gasteiger partial charge >= 0.3 is 0 Å². The molecule has 16 heavy (non-hydrogen) atoms. The van der Waals surface area contributed by atoms with E-state index in [2.05, 4.69) is 15.0 Å². The third kappa shape index (κ3) is 2.07. The monoisotopic (exact) mass is 236 g/mol. The highest BCUT2D eigenvalue weighted by Gasteiger charge is 2.11. The van der Waals surface area contributed by atoms with Crippen molar-refractivity contribution in [3.8, 4) is 11.5 Å². The molecule has 0 saturated carbocycles. The molecule has 0 spiro atoms. The Kier molecular flexibility index (Phi) is 2.92. The Bertz CT molecular complexity index is 504. The molecule has 0 radical (unpaired) electrons. The molecule has 0 aliphatic rings. The van der Waals surface area contributed by atoms with E-state index in [9.17, 15) is 0 Å². The van der Waals surface area contributed by atoms with E-state index in [0.29, 0.717) is 5.15 Å². The molecule has 0 atom stereocenters. The van der Waals surface area contributed by atoms with Gasteiger partial charge in [0.25, 0.3) is 0 Å². The SMILES string of the molecule is CC(C)c1nc(Cl)cc(-c2nccn2C)n1.